The Morgan fingerprint density at radius 2 is 1.58 bits per heavy atom. The number of hydrogen-bond acceptors (Lipinski definition) is 4. The van der Waals surface area contributed by atoms with Crippen molar-refractivity contribution in [2.75, 3.05) is 0 Å². The number of imidazole rings is 2. The van der Waals surface area contributed by atoms with Gasteiger partial charge in [-0.25, -0.2) is 9.97 Å². The third-order valence-corrected chi connectivity index (χ3v) is 8.86. The molecule has 0 radical (unpaired) electrons. The molecule has 8 aromatic rings. The summed E-state index contributed by atoms with van der Waals surface area (Å²) in [5.74, 6) is 2.41. The van der Waals surface area contributed by atoms with Crippen molar-refractivity contribution in [3.8, 4) is 11.1 Å². The Morgan fingerprint density at radius 1 is 0.763 bits per heavy atom. The smallest absolute Gasteiger partial charge is 0.109 e. The first-order valence-corrected chi connectivity index (χ1v) is 13.9. The van der Waals surface area contributed by atoms with Crippen LogP contribution in [0.15, 0.2) is 66.9 Å². The lowest BCUT2D eigenvalue weighted by Crippen LogP contribution is -1.88. The van der Waals surface area contributed by atoms with Crippen molar-refractivity contribution in [3.63, 3.8) is 0 Å². The summed E-state index contributed by atoms with van der Waals surface area (Å²) in [6.45, 7) is 6.48. The Morgan fingerprint density at radius 3 is 2.42 bits per heavy atom. The maximum absolute atomic E-state index is 4.95. The molecule has 4 heterocycles. The van der Waals surface area contributed by atoms with Gasteiger partial charge in [-0.3, -0.25) is 4.98 Å². The van der Waals surface area contributed by atoms with Crippen molar-refractivity contribution >= 4 is 75.3 Å². The Hall–Kier alpha value is -4.29. The van der Waals surface area contributed by atoms with Crippen LogP contribution < -0.4 is 0 Å². The van der Waals surface area contributed by atoms with E-state index >= 15 is 0 Å². The second-order valence-corrected chi connectivity index (χ2v) is 11.4. The molecule has 0 spiro atoms. The zero-order valence-corrected chi connectivity index (χ0v) is 22.2. The largest absolute Gasteiger partial charge is 0.342 e. The van der Waals surface area contributed by atoms with E-state index < -0.39 is 0 Å². The van der Waals surface area contributed by atoms with Crippen LogP contribution in [0.2, 0.25) is 0 Å². The third-order valence-electron chi connectivity index (χ3n) is 7.69. The number of nitrogens with zero attached hydrogens (tertiary/aromatic N) is 3. The maximum Gasteiger partial charge on any atom is 0.109 e. The van der Waals surface area contributed by atoms with Gasteiger partial charge in [-0.05, 0) is 41.5 Å². The molecule has 0 saturated carbocycles. The van der Waals surface area contributed by atoms with Gasteiger partial charge in [-0.2, -0.15) is 0 Å². The van der Waals surface area contributed by atoms with Gasteiger partial charge in [0.25, 0.3) is 0 Å². The average Bonchev–Trinajstić information content (AvgIpc) is 3.67. The standard InChI is InChI=1S/C32H25N5S/c1-4-26-35-28-20-10-8-17(14-23(20)27-22(29(28)36-26)6-5-13-33-27)18-7-9-19-21-11-12-24-30(31(21)38-25(19)15-18)37-32(34-24)16(2)3/h5-16H,4H2,1-3H3,(H,34,37)(H,35,36). The number of benzene rings is 4. The summed E-state index contributed by atoms with van der Waals surface area (Å²) < 4.78 is 2.53. The van der Waals surface area contributed by atoms with Crippen LogP contribution in [0.4, 0.5) is 0 Å². The van der Waals surface area contributed by atoms with Crippen molar-refractivity contribution in [1.29, 1.82) is 0 Å². The lowest BCUT2D eigenvalue weighted by atomic mass is 9.97. The number of aromatic nitrogens is 5. The highest BCUT2D eigenvalue weighted by atomic mass is 32.1. The van der Waals surface area contributed by atoms with Crippen molar-refractivity contribution in [2.24, 2.45) is 0 Å². The molecule has 0 fully saturated rings. The molecule has 4 aromatic carbocycles. The SMILES string of the molecule is CCc1nc2c3cccnc3c3cc(-c4ccc5c(c4)sc4c5ccc5[nH]c(C(C)C)nc54)ccc3c2[nH]1. The minimum atomic E-state index is 0.369. The zero-order valence-electron chi connectivity index (χ0n) is 21.4. The van der Waals surface area contributed by atoms with Gasteiger partial charge < -0.3 is 9.97 Å². The van der Waals surface area contributed by atoms with E-state index in [1.54, 1.807) is 0 Å². The van der Waals surface area contributed by atoms with Crippen LogP contribution in [0, 0.1) is 0 Å². The molecule has 0 unspecified atom stereocenters. The summed E-state index contributed by atoms with van der Waals surface area (Å²) in [7, 11) is 0. The first-order valence-electron chi connectivity index (χ1n) is 13.1. The van der Waals surface area contributed by atoms with Crippen LogP contribution in [0.5, 0.6) is 0 Å². The molecule has 0 aliphatic carbocycles. The second kappa shape index (κ2) is 7.85. The summed E-state index contributed by atoms with van der Waals surface area (Å²) >= 11 is 1.83. The van der Waals surface area contributed by atoms with E-state index in [4.69, 9.17) is 15.0 Å². The first-order chi connectivity index (χ1) is 18.6. The lowest BCUT2D eigenvalue weighted by Gasteiger charge is -2.08. The third kappa shape index (κ3) is 3.01. The van der Waals surface area contributed by atoms with Crippen LogP contribution in [0.25, 0.3) is 75.0 Å². The van der Waals surface area contributed by atoms with Crippen LogP contribution >= 0.6 is 11.3 Å². The van der Waals surface area contributed by atoms with Crippen LogP contribution in [-0.4, -0.2) is 24.9 Å². The molecular formula is C32H25N5S. The Balaban J connectivity index is 1.35. The summed E-state index contributed by atoms with van der Waals surface area (Å²) in [5, 5.41) is 5.95. The molecule has 0 saturated heterocycles. The van der Waals surface area contributed by atoms with E-state index in [9.17, 15) is 0 Å². The number of fused-ring (bicyclic) bond motifs is 11. The molecule has 0 atom stereocenters. The minimum Gasteiger partial charge on any atom is -0.342 e. The van der Waals surface area contributed by atoms with Gasteiger partial charge in [0.2, 0.25) is 0 Å². The van der Waals surface area contributed by atoms with Crippen molar-refractivity contribution in [2.45, 2.75) is 33.1 Å². The number of aromatic amines is 2. The van der Waals surface area contributed by atoms with Gasteiger partial charge in [-0.1, -0.05) is 51.1 Å². The van der Waals surface area contributed by atoms with Crippen LogP contribution in [0.3, 0.4) is 0 Å². The number of hydrogen-bond donors (Lipinski definition) is 2. The highest BCUT2D eigenvalue weighted by molar-refractivity contribution is 7.26. The van der Waals surface area contributed by atoms with Crippen LogP contribution in [-0.2, 0) is 6.42 Å². The molecule has 0 amide bonds. The van der Waals surface area contributed by atoms with E-state index in [0.29, 0.717) is 5.92 Å². The predicted molar refractivity (Wildman–Crippen MR) is 160 cm³/mol. The molecule has 0 aliphatic rings. The fourth-order valence-corrected chi connectivity index (χ4v) is 6.94. The fourth-order valence-electron chi connectivity index (χ4n) is 5.71. The second-order valence-electron chi connectivity index (χ2n) is 10.3. The van der Waals surface area contributed by atoms with Gasteiger partial charge in [0, 0.05) is 50.2 Å². The minimum absolute atomic E-state index is 0.369. The van der Waals surface area contributed by atoms with E-state index in [-0.39, 0.29) is 0 Å². The molecule has 2 N–H and O–H groups in total. The van der Waals surface area contributed by atoms with Crippen molar-refractivity contribution in [3.05, 3.63) is 78.5 Å². The van der Waals surface area contributed by atoms with Gasteiger partial charge in [0.15, 0.2) is 0 Å². The summed E-state index contributed by atoms with van der Waals surface area (Å²) in [5.41, 5.74) is 7.66. The van der Waals surface area contributed by atoms with Gasteiger partial charge in [0.1, 0.15) is 17.2 Å². The molecule has 0 aliphatic heterocycles. The lowest BCUT2D eigenvalue weighted by molar-refractivity contribution is 0.799. The molecule has 38 heavy (non-hydrogen) atoms. The molecule has 6 heteroatoms. The molecule has 4 aromatic heterocycles. The zero-order chi connectivity index (χ0) is 25.5. The Bertz CT molecular complexity index is 2210. The number of aryl methyl sites for hydroxylation is 1. The highest BCUT2D eigenvalue weighted by Crippen LogP contribution is 2.41. The number of nitrogens with one attached hydrogen (secondary N) is 2. The monoisotopic (exact) mass is 511 g/mol. The normalized spacial score (nSPS) is 12.4. The number of thiophene rings is 1. The van der Waals surface area contributed by atoms with E-state index in [1.807, 2.05) is 23.6 Å². The average molecular weight is 512 g/mol. The summed E-state index contributed by atoms with van der Waals surface area (Å²) in [6, 6.07) is 22.1. The maximum atomic E-state index is 4.95. The van der Waals surface area contributed by atoms with Crippen molar-refractivity contribution < 1.29 is 0 Å². The Kier molecular flexibility index (Phi) is 4.50. The van der Waals surface area contributed by atoms with Gasteiger partial charge in [-0.15, -0.1) is 11.3 Å². The topological polar surface area (TPSA) is 70.2 Å². The van der Waals surface area contributed by atoms with Crippen molar-refractivity contribution in [1.82, 2.24) is 24.9 Å². The number of rotatable bonds is 3. The van der Waals surface area contributed by atoms with E-state index in [2.05, 4.69) is 85.3 Å². The molecule has 0 bridgehead atoms. The predicted octanol–water partition coefficient (Wildman–Crippen LogP) is 8.86. The summed E-state index contributed by atoms with van der Waals surface area (Å²) in [6.07, 6.45) is 2.74. The first kappa shape index (κ1) is 21.8. The number of H-pyrrole nitrogens is 2. The van der Waals surface area contributed by atoms with Crippen LogP contribution in [0.1, 0.15) is 38.3 Å². The molecule has 8 rings (SSSR count). The van der Waals surface area contributed by atoms with E-state index in [1.165, 1.54) is 31.3 Å². The Labute approximate surface area is 222 Å². The quantitative estimate of drug-likeness (QED) is 0.233. The molecule has 184 valence electrons. The number of pyridine rings is 1. The summed E-state index contributed by atoms with van der Waals surface area (Å²) in [4.78, 5) is 21.7. The fraction of sp³-hybridized carbons (Fsp3) is 0.156. The van der Waals surface area contributed by atoms with Gasteiger partial charge in [0.05, 0.1) is 26.8 Å². The highest BCUT2D eigenvalue weighted by Gasteiger charge is 2.16. The van der Waals surface area contributed by atoms with E-state index in [0.717, 1.165) is 61.8 Å². The van der Waals surface area contributed by atoms with Gasteiger partial charge >= 0.3 is 0 Å². The molecular weight excluding hydrogens is 486 g/mol. The molecule has 5 nitrogen and oxygen atoms in total.